The Kier molecular flexibility index (Phi) is 11.3. The van der Waals surface area contributed by atoms with Crippen LogP contribution < -0.4 is 0 Å². The van der Waals surface area contributed by atoms with E-state index < -0.39 is 0 Å². The smallest absolute Gasteiger partial charge is 0.0833 e. The van der Waals surface area contributed by atoms with Crippen LogP contribution in [0.25, 0.3) is 23.1 Å². The lowest BCUT2D eigenvalue weighted by Crippen LogP contribution is -1.85. The molecule has 0 aliphatic carbocycles. The van der Waals surface area contributed by atoms with Crippen molar-refractivity contribution in [1.29, 1.82) is 0 Å². The summed E-state index contributed by atoms with van der Waals surface area (Å²) in [5.41, 5.74) is 5.14. The predicted molar refractivity (Wildman–Crippen MR) is 110 cm³/mol. The SMILES string of the molecule is C=Cc1cnc(C)cc1C=C.CC.CC.Cc1cc2cn[nH]c2cn1. The van der Waals surface area contributed by atoms with Crippen LogP contribution in [-0.4, -0.2) is 20.2 Å². The Labute approximate surface area is 151 Å². The highest BCUT2D eigenvalue weighted by Gasteiger charge is 1.95. The molecule has 0 fully saturated rings. The Morgan fingerprint density at radius 1 is 0.800 bits per heavy atom. The van der Waals surface area contributed by atoms with E-state index in [0.29, 0.717) is 0 Å². The Balaban J connectivity index is 0.000000385. The summed E-state index contributed by atoms with van der Waals surface area (Å²) in [6.45, 7) is 19.3. The van der Waals surface area contributed by atoms with Crippen LogP contribution in [0.15, 0.2) is 43.9 Å². The summed E-state index contributed by atoms with van der Waals surface area (Å²) in [5, 5.41) is 7.83. The first kappa shape index (κ1) is 22.2. The van der Waals surface area contributed by atoms with Crippen molar-refractivity contribution in [2.45, 2.75) is 41.5 Å². The summed E-state index contributed by atoms with van der Waals surface area (Å²) in [4.78, 5) is 8.25. The highest BCUT2D eigenvalue weighted by atomic mass is 15.1. The molecule has 0 radical (unpaired) electrons. The number of hydrogen-bond donors (Lipinski definition) is 1. The maximum Gasteiger partial charge on any atom is 0.0833 e. The molecule has 0 amide bonds. The predicted octanol–water partition coefficient (Wildman–Crippen LogP) is 5.99. The molecule has 0 aliphatic rings. The number of rotatable bonds is 2. The molecule has 0 aliphatic heterocycles. The van der Waals surface area contributed by atoms with Gasteiger partial charge in [-0.05, 0) is 37.1 Å². The molecule has 0 saturated heterocycles. The third kappa shape index (κ3) is 7.12. The fourth-order valence-corrected chi connectivity index (χ4v) is 1.89. The molecule has 0 saturated carbocycles. The van der Waals surface area contributed by atoms with E-state index in [9.17, 15) is 0 Å². The van der Waals surface area contributed by atoms with Crippen molar-refractivity contribution in [3.63, 3.8) is 0 Å². The number of hydrogen-bond acceptors (Lipinski definition) is 3. The molecule has 0 atom stereocenters. The minimum absolute atomic E-state index is 0.991. The highest BCUT2D eigenvalue weighted by molar-refractivity contribution is 5.76. The first-order valence-corrected chi connectivity index (χ1v) is 8.61. The van der Waals surface area contributed by atoms with Crippen LogP contribution in [0.3, 0.4) is 0 Å². The Morgan fingerprint density at radius 2 is 1.36 bits per heavy atom. The average molecular weight is 338 g/mol. The van der Waals surface area contributed by atoms with Gasteiger partial charge in [-0.1, -0.05) is 53.0 Å². The monoisotopic (exact) mass is 338 g/mol. The van der Waals surface area contributed by atoms with Crippen molar-refractivity contribution >= 4 is 23.1 Å². The maximum atomic E-state index is 4.14. The largest absolute Gasteiger partial charge is 0.276 e. The van der Waals surface area contributed by atoms with E-state index in [-0.39, 0.29) is 0 Å². The molecule has 3 heterocycles. The zero-order valence-corrected chi connectivity index (χ0v) is 16.3. The minimum Gasteiger partial charge on any atom is -0.276 e. The Hall–Kier alpha value is -2.75. The minimum atomic E-state index is 0.991. The van der Waals surface area contributed by atoms with E-state index in [0.717, 1.165) is 33.4 Å². The third-order valence-corrected chi connectivity index (χ3v) is 3.01. The number of aromatic nitrogens is 4. The summed E-state index contributed by atoms with van der Waals surface area (Å²) >= 11 is 0. The standard InChI is InChI=1S/C10H11N.C7H7N3.2C2H6/c1-4-9-6-8(3)11-7-10(9)5-2;1-5-2-6-3-9-10-7(6)4-8-5;2*1-2/h4-7H,1-2H2,3H3;2-4H,1H3,(H,9,10);2*1-2H3. The van der Waals surface area contributed by atoms with Gasteiger partial charge in [-0.25, -0.2) is 0 Å². The Bertz CT molecular complexity index is 772. The fourth-order valence-electron chi connectivity index (χ4n) is 1.89. The van der Waals surface area contributed by atoms with Crippen LogP contribution in [0.5, 0.6) is 0 Å². The van der Waals surface area contributed by atoms with E-state index >= 15 is 0 Å². The van der Waals surface area contributed by atoms with Gasteiger partial charge < -0.3 is 0 Å². The summed E-state index contributed by atoms with van der Waals surface area (Å²) in [5.74, 6) is 0. The van der Waals surface area contributed by atoms with Gasteiger partial charge in [0.2, 0.25) is 0 Å². The van der Waals surface area contributed by atoms with Crippen molar-refractivity contribution in [2.24, 2.45) is 0 Å². The van der Waals surface area contributed by atoms with E-state index in [2.05, 4.69) is 33.3 Å². The number of pyridine rings is 2. The number of H-pyrrole nitrogens is 1. The van der Waals surface area contributed by atoms with Crippen LogP contribution in [0.1, 0.15) is 50.2 Å². The highest BCUT2D eigenvalue weighted by Crippen LogP contribution is 2.11. The normalized spacial score (nSPS) is 8.72. The van der Waals surface area contributed by atoms with Crippen LogP contribution in [-0.2, 0) is 0 Å². The molecule has 134 valence electrons. The number of fused-ring (bicyclic) bond motifs is 1. The van der Waals surface area contributed by atoms with Gasteiger partial charge in [-0.3, -0.25) is 15.1 Å². The second kappa shape index (κ2) is 12.6. The maximum absolute atomic E-state index is 4.14. The van der Waals surface area contributed by atoms with Gasteiger partial charge >= 0.3 is 0 Å². The summed E-state index contributed by atoms with van der Waals surface area (Å²) in [7, 11) is 0. The molecule has 4 heteroatoms. The summed E-state index contributed by atoms with van der Waals surface area (Å²) < 4.78 is 0. The average Bonchev–Trinajstić information content (AvgIpc) is 3.13. The van der Waals surface area contributed by atoms with Gasteiger partial charge in [-0.15, -0.1) is 0 Å². The molecule has 3 aromatic rings. The molecule has 1 N–H and O–H groups in total. The van der Waals surface area contributed by atoms with Crippen molar-refractivity contribution in [2.75, 3.05) is 0 Å². The molecule has 3 rings (SSSR count). The summed E-state index contributed by atoms with van der Waals surface area (Å²) in [6.07, 6.45) is 8.98. The molecule has 0 bridgehead atoms. The lowest BCUT2D eigenvalue weighted by molar-refractivity contribution is 1.11. The fraction of sp³-hybridized carbons (Fsp3) is 0.286. The van der Waals surface area contributed by atoms with E-state index in [4.69, 9.17) is 0 Å². The second-order valence-electron chi connectivity index (χ2n) is 4.65. The van der Waals surface area contributed by atoms with Crippen molar-refractivity contribution in [1.82, 2.24) is 20.2 Å². The van der Waals surface area contributed by atoms with E-state index in [1.807, 2.05) is 59.8 Å². The quantitative estimate of drug-likeness (QED) is 0.624. The zero-order chi connectivity index (χ0) is 19.2. The molecule has 0 aromatic carbocycles. The first-order chi connectivity index (χ1) is 12.1. The topological polar surface area (TPSA) is 54.5 Å². The van der Waals surface area contributed by atoms with Gasteiger partial charge in [0.25, 0.3) is 0 Å². The van der Waals surface area contributed by atoms with Gasteiger partial charge in [0.05, 0.1) is 17.9 Å². The molecule has 0 spiro atoms. The van der Waals surface area contributed by atoms with E-state index in [1.165, 1.54) is 0 Å². The van der Waals surface area contributed by atoms with Crippen LogP contribution in [0.2, 0.25) is 0 Å². The molecule has 3 aromatic heterocycles. The third-order valence-electron chi connectivity index (χ3n) is 3.01. The lowest BCUT2D eigenvalue weighted by Gasteiger charge is -1.99. The molecule has 0 unspecified atom stereocenters. The summed E-state index contributed by atoms with van der Waals surface area (Å²) in [6, 6.07) is 3.99. The molecule has 4 nitrogen and oxygen atoms in total. The Morgan fingerprint density at radius 3 is 1.96 bits per heavy atom. The van der Waals surface area contributed by atoms with Crippen LogP contribution >= 0.6 is 0 Å². The number of nitrogens with one attached hydrogen (secondary N) is 1. The van der Waals surface area contributed by atoms with Crippen molar-refractivity contribution in [3.05, 3.63) is 66.4 Å². The molecular formula is C21H30N4. The molecular weight excluding hydrogens is 308 g/mol. The van der Waals surface area contributed by atoms with Gasteiger partial charge in [0, 0.05) is 23.0 Å². The second-order valence-corrected chi connectivity index (χ2v) is 4.65. The number of nitrogens with zero attached hydrogens (tertiary/aromatic N) is 3. The van der Waals surface area contributed by atoms with Gasteiger partial charge in [0.15, 0.2) is 0 Å². The number of aromatic amines is 1. The first-order valence-electron chi connectivity index (χ1n) is 8.61. The number of aryl methyl sites for hydroxylation is 2. The van der Waals surface area contributed by atoms with E-state index in [1.54, 1.807) is 24.7 Å². The molecule has 25 heavy (non-hydrogen) atoms. The van der Waals surface area contributed by atoms with Crippen molar-refractivity contribution in [3.8, 4) is 0 Å². The van der Waals surface area contributed by atoms with Gasteiger partial charge in [0.1, 0.15) is 0 Å². The van der Waals surface area contributed by atoms with Crippen molar-refractivity contribution < 1.29 is 0 Å². The van der Waals surface area contributed by atoms with Gasteiger partial charge in [-0.2, -0.15) is 5.10 Å². The van der Waals surface area contributed by atoms with Crippen LogP contribution in [0, 0.1) is 13.8 Å². The zero-order valence-electron chi connectivity index (χ0n) is 16.3. The van der Waals surface area contributed by atoms with Crippen LogP contribution in [0.4, 0.5) is 0 Å². The lowest BCUT2D eigenvalue weighted by atomic mass is 10.1.